The van der Waals surface area contributed by atoms with Gasteiger partial charge in [-0.2, -0.15) is 13.7 Å². The van der Waals surface area contributed by atoms with Crippen molar-refractivity contribution in [1.82, 2.24) is 0 Å². The first-order chi connectivity index (χ1) is 12.0. The van der Waals surface area contributed by atoms with Crippen LogP contribution in [-0.2, 0) is 19.2 Å². The SMILES string of the molecule is Cc1ccc(/C(C#N)=N/OS(=O)(=O)C2C(=O)C3(C)CCC2C3(C)C)cc1. The maximum Gasteiger partial charge on any atom is 0.338 e. The van der Waals surface area contributed by atoms with Crippen LogP contribution in [0.25, 0.3) is 0 Å². The first-order valence-corrected chi connectivity index (χ1v) is 10.0. The van der Waals surface area contributed by atoms with Crippen LogP contribution < -0.4 is 0 Å². The lowest BCUT2D eigenvalue weighted by Gasteiger charge is -2.32. The Morgan fingerprint density at radius 3 is 2.38 bits per heavy atom. The molecule has 7 heteroatoms. The second kappa shape index (κ2) is 5.92. The van der Waals surface area contributed by atoms with Gasteiger partial charge in [-0.3, -0.25) is 9.08 Å². The molecule has 0 heterocycles. The number of aryl methyl sites for hydroxylation is 1. The number of rotatable bonds is 4. The fourth-order valence-corrected chi connectivity index (χ4v) is 5.99. The van der Waals surface area contributed by atoms with E-state index in [0.29, 0.717) is 18.4 Å². The molecule has 2 saturated carbocycles. The first-order valence-electron chi connectivity index (χ1n) is 8.56. The number of ketones is 1. The highest BCUT2D eigenvalue weighted by atomic mass is 32.2. The monoisotopic (exact) mass is 374 g/mol. The molecule has 1 aromatic carbocycles. The molecule has 2 aliphatic carbocycles. The number of nitriles is 1. The Balaban J connectivity index is 1.89. The van der Waals surface area contributed by atoms with Crippen molar-refractivity contribution in [3.05, 3.63) is 35.4 Å². The van der Waals surface area contributed by atoms with Crippen molar-refractivity contribution >= 4 is 21.6 Å². The van der Waals surface area contributed by atoms with Crippen LogP contribution in [0, 0.1) is 35.0 Å². The van der Waals surface area contributed by atoms with Gasteiger partial charge in [0.2, 0.25) is 0 Å². The number of hydrogen-bond acceptors (Lipinski definition) is 6. The minimum Gasteiger partial charge on any atom is -0.297 e. The Labute approximate surface area is 154 Å². The van der Waals surface area contributed by atoms with Crippen LogP contribution >= 0.6 is 0 Å². The molecule has 0 spiro atoms. The molecule has 3 unspecified atom stereocenters. The molecule has 3 rings (SSSR count). The van der Waals surface area contributed by atoms with Gasteiger partial charge in [-0.05, 0) is 31.1 Å². The van der Waals surface area contributed by atoms with Gasteiger partial charge in [-0.15, -0.1) is 0 Å². The van der Waals surface area contributed by atoms with E-state index in [0.717, 1.165) is 5.56 Å². The van der Waals surface area contributed by atoms with Gasteiger partial charge in [-0.25, -0.2) is 0 Å². The van der Waals surface area contributed by atoms with Crippen molar-refractivity contribution in [3.8, 4) is 6.07 Å². The third kappa shape index (κ3) is 2.55. The Hall–Kier alpha value is -2.20. The zero-order chi connectivity index (χ0) is 19.3. The van der Waals surface area contributed by atoms with Crippen molar-refractivity contribution in [2.75, 3.05) is 0 Å². The van der Waals surface area contributed by atoms with Gasteiger partial charge in [-0.1, -0.05) is 55.8 Å². The van der Waals surface area contributed by atoms with Gasteiger partial charge in [0, 0.05) is 11.0 Å². The number of carbonyl (C=O) groups is 1. The minimum absolute atomic E-state index is 0.144. The van der Waals surface area contributed by atoms with Gasteiger partial charge >= 0.3 is 10.1 Å². The highest BCUT2D eigenvalue weighted by Gasteiger charge is 2.70. The molecule has 1 aromatic rings. The van der Waals surface area contributed by atoms with Gasteiger partial charge in [0.15, 0.2) is 16.7 Å². The highest BCUT2D eigenvalue weighted by Crippen LogP contribution is 2.65. The van der Waals surface area contributed by atoms with Crippen LogP contribution in [0.3, 0.4) is 0 Å². The van der Waals surface area contributed by atoms with Crippen LogP contribution in [0.5, 0.6) is 0 Å². The molecular weight excluding hydrogens is 352 g/mol. The molecule has 2 fully saturated rings. The molecular formula is C19H22N2O4S. The number of benzene rings is 1. The number of fused-ring (bicyclic) bond motifs is 2. The van der Waals surface area contributed by atoms with E-state index in [9.17, 15) is 18.5 Å². The van der Waals surface area contributed by atoms with Crippen LogP contribution in [0.4, 0.5) is 0 Å². The van der Waals surface area contributed by atoms with Gasteiger partial charge in [0.25, 0.3) is 0 Å². The third-order valence-electron chi connectivity index (χ3n) is 6.45. The lowest BCUT2D eigenvalue weighted by atomic mass is 9.70. The molecule has 6 nitrogen and oxygen atoms in total. The standard InChI is InChI=1S/C19H22N2O4S/c1-12-5-7-13(8-6-12)15(11-20)21-25-26(23,24)16-14-9-10-19(4,17(16)22)18(14,2)3/h5-8,14,16H,9-10H2,1-4H3/b21-15+. The molecule has 2 bridgehead atoms. The summed E-state index contributed by atoms with van der Waals surface area (Å²) in [6.45, 7) is 7.61. The van der Waals surface area contributed by atoms with Gasteiger partial charge in [0.1, 0.15) is 6.07 Å². The van der Waals surface area contributed by atoms with E-state index in [1.165, 1.54) is 0 Å². The van der Waals surface area contributed by atoms with Crippen molar-refractivity contribution < 1.29 is 17.5 Å². The molecule has 3 atom stereocenters. The second-order valence-corrected chi connectivity index (χ2v) is 9.61. The summed E-state index contributed by atoms with van der Waals surface area (Å²) in [6.07, 6.45) is 1.35. The number of carbonyl (C=O) groups excluding carboxylic acids is 1. The van der Waals surface area contributed by atoms with Crippen molar-refractivity contribution in [3.63, 3.8) is 0 Å². The second-order valence-electron chi connectivity index (χ2n) is 7.97. The molecule has 26 heavy (non-hydrogen) atoms. The van der Waals surface area contributed by atoms with Crippen LogP contribution in [-0.4, -0.2) is 25.2 Å². The number of oxime groups is 1. The smallest absolute Gasteiger partial charge is 0.297 e. The van der Waals surface area contributed by atoms with E-state index in [1.54, 1.807) is 24.3 Å². The van der Waals surface area contributed by atoms with Gasteiger partial charge < -0.3 is 0 Å². The normalized spacial score (nSPS) is 30.3. The predicted molar refractivity (Wildman–Crippen MR) is 96.7 cm³/mol. The van der Waals surface area contributed by atoms with Crippen LogP contribution in [0.15, 0.2) is 29.4 Å². The molecule has 0 radical (unpaired) electrons. The molecule has 0 N–H and O–H groups in total. The Kier molecular flexibility index (Phi) is 4.23. The summed E-state index contributed by atoms with van der Waals surface area (Å²) in [4.78, 5) is 12.8. The van der Waals surface area contributed by atoms with E-state index >= 15 is 0 Å². The molecule has 0 amide bonds. The Morgan fingerprint density at radius 2 is 1.88 bits per heavy atom. The Morgan fingerprint density at radius 1 is 1.27 bits per heavy atom. The van der Waals surface area contributed by atoms with E-state index in [4.69, 9.17) is 4.28 Å². The van der Waals surface area contributed by atoms with Crippen molar-refractivity contribution in [2.24, 2.45) is 21.9 Å². The number of nitrogens with zero attached hydrogens (tertiary/aromatic N) is 2. The average molecular weight is 374 g/mol. The number of hydrogen-bond donors (Lipinski definition) is 0. The fraction of sp³-hybridized carbons (Fsp3) is 0.526. The van der Waals surface area contributed by atoms with Crippen LogP contribution in [0.1, 0.15) is 44.7 Å². The molecule has 2 aliphatic rings. The summed E-state index contributed by atoms with van der Waals surface area (Å²) in [6, 6.07) is 8.76. The zero-order valence-electron chi connectivity index (χ0n) is 15.3. The first kappa shape index (κ1) is 18.6. The van der Waals surface area contributed by atoms with E-state index < -0.39 is 26.2 Å². The topological polar surface area (TPSA) is 96.6 Å². The van der Waals surface area contributed by atoms with Crippen molar-refractivity contribution in [2.45, 2.75) is 45.8 Å². The molecule has 0 aliphatic heterocycles. The summed E-state index contributed by atoms with van der Waals surface area (Å²) >= 11 is 0. The lowest BCUT2D eigenvalue weighted by Crippen LogP contribution is -2.39. The maximum atomic E-state index is 12.8. The van der Waals surface area contributed by atoms with E-state index in [-0.39, 0.29) is 17.4 Å². The lowest BCUT2D eigenvalue weighted by molar-refractivity contribution is -0.128. The highest BCUT2D eigenvalue weighted by molar-refractivity contribution is 7.88. The fourth-order valence-electron chi connectivity index (χ4n) is 4.32. The third-order valence-corrected chi connectivity index (χ3v) is 7.89. The summed E-state index contributed by atoms with van der Waals surface area (Å²) in [5.41, 5.74) is 0.235. The van der Waals surface area contributed by atoms with Gasteiger partial charge in [0.05, 0.1) is 0 Å². The summed E-state index contributed by atoms with van der Waals surface area (Å²) in [7, 11) is -4.26. The summed E-state index contributed by atoms with van der Waals surface area (Å²) in [5.74, 6) is -0.604. The molecule has 0 saturated heterocycles. The molecule has 138 valence electrons. The summed E-state index contributed by atoms with van der Waals surface area (Å²) in [5, 5.41) is 11.6. The van der Waals surface area contributed by atoms with Crippen molar-refractivity contribution in [1.29, 1.82) is 5.26 Å². The van der Waals surface area contributed by atoms with E-state index in [2.05, 4.69) is 5.16 Å². The number of Topliss-reactive ketones (excluding diaryl/α,β-unsaturated/α-hetero) is 1. The minimum atomic E-state index is -4.26. The summed E-state index contributed by atoms with van der Waals surface area (Å²) < 4.78 is 30.2. The average Bonchev–Trinajstić information content (AvgIpc) is 2.89. The van der Waals surface area contributed by atoms with Crippen LogP contribution in [0.2, 0.25) is 0 Å². The zero-order valence-corrected chi connectivity index (χ0v) is 16.1. The largest absolute Gasteiger partial charge is 0.338 e. The van der Waals surface area contributed by atoms with E-state index in [1.807, 2.05) is 33.8 Å². The Bertz CT molecular complexity index is 925. The quantitative estimate of drug-likeness (QED) is 0.596. The molecule has 0 aromatic heterocycles. The predicted octanol–water partition coefficient (Wildman–Crippen LogP) is 2.96. The maximum absolute atomic E-state index is 12.8.